The van der Waals surface area contributed by atoms with Crippen molar-refractivity contribution in [2.75, 3.05) is 18.9 Å². The second-order valence-electron chi connectivity index (χ2n) is 7.05. The van der Waals surface area contributed by atoms with Gasteiger partial charge >= 0.3 is 0 Å². The lowest BCUT2D eigenvalue weighted by Gasteiger charge is -2.10. The van der Waals surface area contributed by atoms with Crippen molar-refractivity contribution < 1.29 is 14.4 Å². The maximum atomic E-state index is 12.7. The fourth-order valence-electron chi connectivity index (χ4n) is 3.31. The Morgan fingerprint density at radius 1 is 0.903 bits per heavy atom. The Labute approximate surface area is 184 Å². The number of amides is 3. The molecular weight excluding hydrogens is 410 g/mol. The van der Waals surface area contributed by atoms with Crippen molar-refractivity contribution in [2.45, 2.75) is 16.2 Å². The SMILES string of the molecule is CNC(=O)c1ccc2c(c1)Sc1ccc(C(=O)NCCc3ccccc3)cc1NC2=O. The van der Waals surface area contributed by atoms with Gasteiger partial charge < -0.3 is 16.0 Å². The molecule has 0 atom stereocenters. The molecule has 0 aliphatic carbocycles. The Hall–Kier alpha value is -3.58. The quantitative estimate of drug-likeness (QED) is 0.574. The van der Waals surface area contributed by atoms with E-state index in [1.54, 1.807) is 37.4 Å². The van der Waals surface area contributed by atoms with Gasteiger partial charge in [0.25, 0.3) is 17.7 Å². The third-order valence-electron chi connectivity index (χ3n) is 4.97. The van der Waals surface area contributed by atoms with Crippen molar-refractivity contribution >= 4 is 35.2 Å². The Bertz CT molecular complexity index is 1160. The molecule has 0 saturated carbocycles. The molecule has 1 aliphatic rings. The number of fused-ring (bicyclic) bond motifs is 2. The highest BCUT2D eigenvalue weighted by atomic mass is 32.2. The van der Waals surface area contributed by atoms with E-state index in [0.29, 0.717) is 33.8 Å². The van der Waals surface area contributed by atoms with Crippen LogP contribution in [0.4, 0.5) is 5.69 Å². The summed E-state index contributed by atoms with van der Waals surface area (Å²) < 4.78 is 0. The topological polar surface area (TPSA) is 87.3 Å². The van der Waals surface area contributed by atoms with Crippen molar-refractivity contribution in [1.82, 2.24) is 10.6 Å². The van der Waals surface area contributed by atoms with Crippen LogP contribution in [-0.4, -0.2) is 31.3 Å². The lowest BCUT2D eigenvalue weighted by Crippen LogP contribution is -2.25. The summed E-state index contributed by atoms with van der Waals surface area (Å²) in [5, 5.41) is 8.39. The van der Waals surface area contributed by atoms with Crippen molar-refractivity contribution in [3.63, 3.8) is 0 Å². The first kappa shape index (κ1) is 20.7. The second-order valence-corrected chi connectivity index (χ2v) is 8.13. The molecule has 7 heteroatoms. The van der Waals surface area contributed by atoms with Crippen molar-refractivity contribution in [3.8, 4) is 0 Å². The van der Waals surface area contributed by atoms with E-state index in [1.165, 1.54) is 11.8 Å². The van der Waals surface area contributed by atoms with Crippen molar-refractivity contribution in [2.24, 2.45) is 0 Å². The predicted molar refractivity (Wildman–Crippen MR) is 121 cm³/mol. The van der Waals surface area contributed by atoms with E-state index in [1.807, 2.05) is 36.4 Å². The molecule has 0 radical (unpaired) electrons. The third kappa shape index (κ3) is 4.62. The van der Waals surface area contributed by atoms with Gasteiger partial charge in [0.2, 0.25) is 0 Å². The molecule has 6 nitrogen and oxygen atoms in total. The van der Waals surface area contributed by atoms with E-state index in [4.69, 9.17) is 0 Å². The molecule has 3 amide bonds. The first-order chi connectivity index (χ1) is 15.0. The fourth-order valence-corrected chi connectivity index (χ4v) is 4.36. The summed E-state index contributed by atoms with van der Waals surface area (Å²) in [5.74, 6) is -0.677. The van der Waals surface area contributed by atoms with E-state index in [-0.39, 0.29) is 17.7 Å². The molecule has 0 fully saturated rings. The highest BCUT2D eigenvalue weighted by molar-refractivity contribution is 7.99. The molecule has 3 aromatic carbocycles. The van der Waals surface area contributed by atoms with Crippen LogP contribution in [0.25, 0.3) is 0 Å². The van der Waals surface area contributed by atoms with Gasteiger partial charge in [-0.2, -0.15) is 0 Å². The molecule has 0 saturated heterocycles. The smallest absolute Gasteiger partial charge is 0.256 e. The zero-order valence-corrected chi connectivity index (χ0v) is 17.7. The lowest BCUT2D eigenvalue weighted by atomic mass is 10.1. The molecule has 0 aromatic heterocycles. The van der Waals surface area contributed by atoms with Crippen LogP contribution in [0.5, 0.6) is 0 Å². The molecule has 0 unspecified atom stereocenters. The van der Waals surface area contributed by atoms with E-state index in [9.17, 15) is 14.4 Å². The summed E-state index contributed by atoms with van der Waals surface area (Å²) in [6.07, 6.45) is 0.743. The van der Waals surface area contributed by atoms with Gasteiger partial charge in [-0.05, 0) is 48.4 Å². The van der Waals surface area contributed by atoms with Gasteiger partial charge in [0.05, 0.1) is 11.3 Å². The highest BCUT2D eigenvalue weighted by Crippen LogP contribution is 2.39. The van der Waals surface area contributed by atoms with Crippen molar-refractivity contribution in [3.05, 3.63) is 89.0 Å². The lowest BCUT2D eigenvalue weighted by molar-refractivity contribution is 0.0949. The second kappa shape index (κ2) is 9.06. The van der Waals surface area contributed by atoms with Crippen LogP contribution >= 0.6 is 11.8 Å². The fraction of sp³-hybridized carbons (Fsp3) is 0.125. The monoisotopic (exact) mass is 431 g/mol. The Morgan fingerprint density at radius 3 is 2.42 bits per heavy atom. The summed E-state index contributed by atoms with van der Waals surface area (Å²) in [6, 6.07) is 20.2. The third-order valence-corrected chi connectivity index (χ3v) is 6.10. The van der Waals surface area contributed by atoms with Crippen LogP contribution in [0, 0.1) is 0 Å². The molecule has 0 bridgehead atoms. The summed E-state index contributed by atoms with van der Waals surface area (Å²) in [5.41, 5.74) is 3.18. The number of hydrogen-bond acceptors (Lipinski definition) is 4. The normalized spacial score (nSPS) is 12.1. The largest absolute Gasteiger partial charge is 0.355 e. The minimum Gasteiger partial charge on any atom is -0.355 e. The van der Waals surface area contributed by atoms with Crippen LogP contribution in [-0.2, 0) is 6.42 Å². The molecule has 3 aromatic rings. The Kier molecular flexibility index (Phi) is 6.04. The summed E-state index contributed by atoms with van der Waals surface area (Å²) in [4.78, 5) is 38.7. The maximum absolute atomic E-state index is 12.7. The summed E-state index contributed by atoms with van der Waals surface area (Å²) in [6.45, 7) is 0.523. The van der Waals surface area contributed by atoms with Crippen LogP contribution in [0.2, 0.25) is 0 Å². The molecule has 156 valence electrons. The number of hydrogen-bond donors (Lipinski definition) is 3. The van der Waals surface area contributed by atoms with Crippen LogP contribution in [0.1, 0.15) is 36.6 Å². The average Bonchev–Trinajstić information content (AvgIpc) is 2.93. The first-order valence-electron chi connectivity index (χ1n) is 9.86. The minimum atomic E-state index is -0.272. The van der Waals surface area contributed by atoms with Gasteiger partial charge in [0.1, 0.15) is 0 Å². The number of rotatable bonds is 5. The molecule has 3 N–H and O–H groups in total. The van der Waals surface area contributed by atoms with E-state index in [0.717, 1.165) is 16.9 Å². The number of anilines is 1. The summed E-state index contributed by atoms with van der Waals surface area (Å²) in [7, 11) is 1.57. The van der Waals surface area contributed by atoms with Crippen LogP contribution in [0.3, 0.4) is 0 Å². The minimum absolute atomic E-state index is 0.193. The van der Waals surface area contributed by atoms with E-state index < -0.39 is 0 Å². The zero-order valence-electron chi connectivity index (χ0n) is 16.9. The standard InChI is InChI=1S/C24H21N3O3S/c1-25-22(28)17-7-9-18-21(14-17)31-20-10-8-16(13-19(20)27-24(18)30)23(29)26-12-11-15-5-3-2-4-6-15/h2-10,13-14H,11-12H2,1H3,(H,25,28)(H,26,29)(H,27,30). The zero-order chi connectivity index (χ0) is 21.8. The molecule has 0 spiro atoms. The predicted octanol–water partition coefficient (Wildman–Crippen LogP) is 3.74. The Balaban J connectivity index is 1.50. The molecule has 1 heterocycles. The number of carbonyl (C=O) groups excluding carboxylic acids is 3. The first-order valence-corrected chi connectivity index (χ1v) is 10.7. The highest BCUT2D eigenvalue weighted by Gasteiger charge is 2.22. The maximum Gasteiger partial charge on any atom is 0.256 e. The van der Waals surface area contributed by atoms with Gasteiger partial charge in [0.15, 0.2) is 0 Å². The van der Waals surface area contributed by atoms with E-state index >= 15 is 0 Å². The molecule has 4 rings (SSSR count). The van der Waals surface area contributed by atoms with Gasteiger partial charge in [-0.15, -0.1) is 0 Å². The van der Waals surface area contributed by atoms with E-state index in [2.05, 4.69) is 16.0 Å². The Morgan fingerprint density at radius 2 is 1.65 bits per heavy atom. The van der Waals surface area contributed by atoms with Gasteiger partial charge in [-0.25, -0.2) is 0 Å². The number of carbonyl (C=O) groups is 3. The average molecular weight is 432 g/mol. The molecule has 31 heavy (non-hydrogen) atoms. The van der Waals surface area contributed by atoms with Crippen molar-refractivity contribution in [1.29, 1.82) is 0 Å². The number of nitrogens with one attached hydrogen (secondary N) is 3. The van der Waals surface area contributed by atoms with Gasteiger partial charge in [-0.3, -0.25) is 14.4 Å². The molecule has 1 aliphatic heterocycles. The number of benzene rings is 3. The molecular formula is C24H21N3O3S. The van der Waals surface area contributed by atoms with Gasteiger partial charge in [-0.1, -0.05) is 42.1 Å². The van der Waals surface area contributed by atoms with Crippen LogP contribution < -0.4 is 16.0 Å². The van der Waals surface area contributed by atoms with Crippen LogP contribution in [0.15, 0.2) is 76.5 Å². The van der Waals surface area contributed by atoms with Gasteiger partial charge in [0, 0.05) is 34.5 Å². The summed E-state index contributed by atoms with van der Waals surface area (Å²) >= 11 is 1.39.